The summed E-state index contributed by atoms with van der Waals surface area (Å²) >= 11 is 0. The summed E-state index contributed by atoms with van der Waals surface area (Å²) in [6.07, 6.45) is 0. The zero-order valence-corrected chi connectivity index (χ0v) is 26.6. The Hall–Kier alpha value is -5.04. The average Bonchev–Trinajstić information content (AvgIpc) is 3.10. The van der Waals surface area contributed by atoms with Gasteiger partial charge in [-0.1, -0.05) is 97.1 Å². The van der Waals surface area contributed by atoms with Crippen molar-refractivity contribution < 1.29 is 19.1 Å². The van der Waals surface area contributed by atoms with Gasteiger partial charge in [-0.2, -0.15) is 0 Å². The van der Waals surface area contributed by atoms with Gasteiger partial charge in [0.25, 0.3) is 0 Å². The molecule has 5 aromatic carbocycles. The van der Waals surface area contributed by atoms with Crippen molar-refractivity contribution in [3.05, 3.63) is 168 Å². The lowest BCUT2D eigenvalue weighted by Crippen LogP contribution is -2.47. The molecule has 234 valence electrons. The number of hydrogen-bond donors (Lipinski definition) is 0. The maximum atomic E-state index is 12.6. The van der Waals surface area contributed by atoms with Crippen LogP contribution in [0.4, 0.5) is 11.4 Å². The van der Waals surface area contributed by atoms with Crippen LogP contribution in [0.15, 0.2) is 146 Å². The van der Waals surface area contributed by atoms with Gasteiger partial charge in [0, 0.05) is 11.1 Å². The van der Waals surface area contributed by atoms with Gasteiger partial charge >= 0.3 is 11.9 Å². The molecule has 6 heteroatoms. The lowest BCUT2D eigenvalue weighted by atomic mass is 10.1. The second kappa shape index (κ2) is 15.3. The molecular formula is C40H42N2O4+2. The molecule has 0 amide bonds. The minimum absolute atomic E-state index is 0.305. The predicted octanol–water partition coefficient (Wildman–Crippen LogP) is 7.68. The van der Waals surface area contributed by atoms with E-state index < -0.39 is 0 Å². The molecule has 46 heavy (non-hydrogen) atoms. The first kappa shape index (κ1) is 32.4. The van der Waals surface area contributed by atoms with Crippen molar-refractivity contribution in [2.24, 2.45) is 0 Å². The van der Waals surface area contributed by atoms with Gasteiger partial charge in [0.2, 0.25) is 0 Å². The van der Waals surface area contributed by atoms with Crippen molar-refractivity contribution in [3.8, 4) is 0 Å². The number of ether oxygens (including phenoxy) is 2. The van der Waals surface area contributed by atoms with E-state index in [1.54, 1.807) is 24.3 Å². The fourth-order valence-corrected chi connectivity index (χ4v) is 5.73. The van der Waals surface area contributed by atoms with Crippen molar-refractivity contribution >= 4 is 23.3 Å². The summed E-state index contributed by atoms with van der Waals surface area (Å²) in [5.74, 6) is -0.613. The van der Waals surface area contributed by atoms with Gasteiger partial charge in [0.15, 0.2) is 0 Å². The molecule has 6 nitrogen and oxygen atoms in total. The van der Waals surface area contributed by atoms with Crippen molar-refractivity contribution in [2.75, 3.05) is 40.4 Å². The lowest BCUT2D eigenvalue weighted by Gasteiger charge is -2.35. The van der Waals surface area contributed by atoms with E-state index in [0.717, 1.165) is 24.5 Å². The van der Waals surface area contributed by atoms with Gasteiger partial charge in [-0.15, -0.1) is 0 Å². The van der Waals surface area contributed by atoms with Crippen LogP contribution < -0.4 is 8.97 Å². The number of esters is 2. The number of carbonyl (C=O) groups is 2. The predicted molar refractivity (Wildman–Crippen MR) is 185 cm³/mol. The second-order valence-electron chi connectivity index (χ2n) is 12.0. The molecule has 0 aliphatic carbocycles. The standard InChI is InChI=1S/C40H42N2O4/c1-41(37-19-11-5-12-20-37,27-29-45-39(43)35-15-7-3-8-16-35)31-33-23-25-34(26-24-33)32-42(2,38-21-13-6-14-22-38)28-30-46-40(44)36-17-9-4-10-18-36/h3-26H,27-32H2,1-2H3/q+2. The first-order valence-corrected chi connectivity index (χ1v) is 15.7. The first-order chi connectivity index (χ1) is 22.3. The van der Waals surface area contributed by atoms with Gasteiger partial charge in [-0.3, -0.25) is 8.97 Å². The molecule has 0 bridgehead atoms. The van der Waals surface area contributed by atoms with Crippen LogP contribution >= 0.6 is 0 Å². The van der Waals surface area contributed by atoms with E-state index in [1.807, 2.05) is 72.8 Å². The van der Waals surface area contributed by atoms with Gasteiger partial charge in [0.1, 0.15) is 50.8 Å². The number of carbonyl (C=O) groups excluding carboxylic acids is 2. The van der Waals surface area contributed by atoms with E-state index in [0.29, 0.717) is 46.4 Å². The smallest absolute Gasteiger partial charge is 0.338 e. The van der Waals surface area contributed by atoms with Crippen LogP contribution in [0.25, 0.3) is 0 Å². The number of benzene rings is 5. The van der Waals surface area contributed by atoms with E-state index in [4.69, 9.17) is 9.47 Å². The van der Waals surface area contributed by atoms with E-state index in [1.165, 1.54) is 11.1 Å². The minimum Gasteiger partial charge on any atom is -0.456 e. The molecule has 0 fully saturated rings. The summed E-state index contributed by atoms with van der Waals surface area (Å²) in [7, 11) is 4.36. The Balaban J connectivity index is 1.27. The van der Waals surface area contributed by atoms with Crippen LogP contribution in [0.3, 0.4) is 0 Å². The van der Waals surface area contributed by atoms with Crippen LogP contribution in [0, 0.1) is 0 Å². The second-order valence-corrected chi connectivity index (χ2v) is 12.0. The molecule has 2 atom stereocenters. The third kappa shape index (κ3) is 8.57. The fraction of sp³-hybridized carbons (Fsp3) is 0.200. The third-order valence-electron chi connectivity index (χ3n) is 8.50. The molecule has 5 aromatic rings. The summed E-state index contributed by atoms with van der Waals surface area (Å²) in [5, 5.41) is 0. The van der Waals surface area contributed by atoms with E-state index >= 15 is 0 Å². The number of quaternary nitrogens is 2. The van der Waals surface area contributed by atoms with E-state index in [9.17, 15) is 9.59 Å². The highest BCUT2D eigenvalue weighted by Gasteiger charge is 2.28. The number of likely N-dealkylation sites (N-methyl/N-ethyl adjacent to an activating group) is 2. The van der Waals surface area contributed by atoms with Gasteiger partial charge in [-0.05, 0) is 48.5 Å². The molecular weight excluding hydrogens is 572 g/mol. The van der Waals surface area contributed by atoms with E-state index in [-0.39, 0.29) is 11.9 Å². The first-order valence-electron chi connectivity index (χ1n) is 15.7. The average molecular weight is 615 g/mol. The Kier molecular flexibility index (Phi) is 10.8. The zero-order valence-electron chi connectivity index (χ0n) is 26.6. The molecule has 0 aliphatic heterocycles. The Labute approximate surface area is 272 Å². The Morgan fingerprint density at radius 3 is 1.09 bits per heavy atom. The third-order valence-corrected chi connectivity index (χ3v) is 8.50. The Morgan fingerprint density at radius 2 is 0.761 bits per heavy atom. The fourth-order valence-electron chi connectivity index (χ4n) is 5.73. The molecule has 0 aliphatic rings. The largest absolute Gasteiger partial charge is 0.456 e. The zero-order chi connectivity index (χ0) is 32.2. The van der Waals surface area contributed by atoms with Crippen molar-refractivity contribution in [1.29, 1.82) is 0 Å². The molecule has 0 saturated carbocycles. The minimum atomic E-state index is -0.306. The normalized spacial score (nSPS) is 13.6. The summed E-state index contributed by atoms with van der Waals surface area (Å²) in [5.41, 5.74) is 5.80. The maximum Gasteiger partial charge on any atom is 0.338 e. The number of nitrogens with zero attached hydrogens (tertiary/aromatic N) is 2. The number of hydrogen-bond acceptors (Lipinski definition) is 4. The van der Waals surface area contributed by atoms with Crippen LogP contribution in [0.2, 0.25) is 0 Å². The molecule has 5 rings (SSSR count). The summed E-state index contributed by atoms with van der Waals surface area (Å²) in [6.45, 7) is 3.36. The highest BCUT2D eigenvalue weighted by molar-refractivity contribution is 5.89. The van der Waals surface area contributed by atoms with Crippen LogP contribution in [0.5, 0.6) is 0 Å². The molecule has 0 aromatic heterocycles. The Morgan fingerprint density at radius 1 is 0.457 bits per heavy atom. The summed E-state index contributed by atoms with van der Waals surface area (Å²) in [6, 6.07) is 47.7. The van der Waals surface area contributed by atoms with Crippen LogP contribution in [0.1, 0.15) is 31.8 Å². The molecule has 0 saturated heterocycles. The van der Waals surface area contributed by atoms with Gasteiger partial charge in [-0.25, -0.2) is 9.59 Å². The quantitative estimate of drug-likeness (QED) is 0.0952. The number of para-hydroxylation sites is 2. The highest BCUT2D eigenvalue weighted by atomic mass is 16.5. The molecule has 0 heterocycles. The maximum absolute atomic E-state index is 12.6. The highest BCUT2D eigenvalue weighted by Crippen LogP contribution is 2.27. The monoisotopic (exact) mass is 614 g/mol. The topological polar surface area (TPSA) is 52.6 Å². The van der Waals surface area contributed by atoms with Gasteiger partial charge < -0.3 is 9.47 Å². The van der Waals surface area contributed by atoms with Gasteiger partial charge in [0.05, 0.1) is 25.2 Å². The molecule has 0 spiro atoms. The molecule has 0 radical (unpaired) electrons. The number of rotatable bonds is 14. The van der Waals surface area contributed by atoms with Crippen molar-refractivity contribution in [3.63, 3.8) is 0 Å². The van der Waals surface area contributed by atoms with E-state index in [2.05, 4.69) is 62.6 Å². The SMILES string of the molecule is C[N+](CCOC(=O)c1ccccc1)(Cc1ccc(C[N+](C)(CCOC(=O)c2ccccc2)c2ccccc2)cc1)c1ccccc1. The Bertz CT molecular complexity index is 1550. The van der Waals surface area contributed by atoms with Crippen LogP contribution in [-0.4, -0.2) is 52.3 Å². The molecule has 2 unspecified atom stereocenters. The van der Waals surface area contributed by atoms with Crippen molar-refractivity contribution in [1.82, 2.24) is 8.97 Å². The summed E-state index contributed by atoms with van der Waals surface area (Å²) < 4.78 is 12.5. The lowest BCUT2D eigenvalue weighted by molar-refractivity contribution is 0.0463. The summed E-state index contributed by atoms with van der Waals surface area (Å²) in [4.78, 5) is 25.2. The van der Waals surface area contributed by atoms with Crippen LogP contribution in [-0.2, 0) is 22.6 Å². The van der Waals surface area contributed by atoms with Crippen molar-refractivity contribution in [2.45, 2.75) is 13.1 Å². The molecule has 0 N–H and O–H groups in total.